The van der Waals surface area contributed by atoms with Crippen LogP contribution in [0.4, 0.5) is 0 Å². The molecule has 16 heavy (non-hydrogen) atoms. The molecular weight excluding hydrogens is 274 g/mol. The predicted molar refractivity (Wildman–Crippen MR) is 65.7 cm³/mol. The van der Waals surface area contributed by atoms with Crippen molar-refractivity contribution in [1.82, 2.24) is 14.9 Å². The first-order valence-electron chi connectivity index (χ1n) is 5.08. The second-order valence-electron chi connectivity index (χ2n) is 3.39. The second kappa shape index (κ2) is 6.78. The van der Waals surface area contributed by atoms with E-state index in [9.17, 15) is 4.79 Å². The largest absolute Gasteiger partial charge is 0.383 e. The Kier molecular flexibility index (Phi) is 5.65. The van der Waals surface area contributed by atoms with Crippen molar-refractivity contribution in [2.24, 2.45) is 0 Å². The van der Waals surface area contributed by atoms with Crippen LogP contribution in [0.25, 0.3) is 0 Å². The number of aryl methyl sites for hydroxylation is 1. The average molecular weight is 290 g/mol. The van der Waals surface area contributed by atoms with E-state index in [-0.39, 0.29) is 5.56 Å². The predicted octanol–water partition coefficient (Wildman–Crippen LogP) is 0.550. The molecule has 0 saturated carbocycles. The minimum Gasteiger partial charge on any atom is -0.383 e. The lowest BCUT2D eigenvalue weighted by Crippen LogP contribution is -2.29. The number of methoxy groups -OCH3 is 1. The first kappa shape index (κ1) is 13.3. The van der Waals surface area contributed by atoms with Gasteiger partial charge in [0.1, 0.15) is 4.47 Å². The van der Waals surface area contributed by atoms with E-state index in [1.54, 1.807) is 24.9 Å². The highest BCUT2D eigenvalue weighted by atomic mass is 79.9. The Balaban J connectivity index is 2.49. The molecule has 0 saturated heterocycles. The number of halogens is 1. The van der Waals surface area contributed by atoms with E-state index in [2.05, 4.69) is 26.2 Å². The highest BCUT2D eigenvalue weighted by Crippen LogP contribution is 2.05. The monoisotopic (exact) mass is 289 g/mol. The van der Waals surface area contributed by atoms with Gasteiger partial charge in [0.25, 0.3) is 5.56 Å². The normalized spacial score (nSPS) is 10.7. The first-order chi connectivity index (χ1) is 7.66. The lowest BCUT2D eigenvalue weighted by molar-refractivity contribution is 0.199. The van der Waals surface area contributed by atoms with Gasteiger partial charge in [0.05, 0.1) is 18.6 Å². The van der Waals surface area contributed by atoms with Crippen molar-refractivity contribution in [2.75, 3.05) is 26.8 Å². The molecule has 0 radical (unpaired) electrons. The van der Waals surface area contributed by atoms with Crippen LogP contribution in [0.15, 0.2) is 15.6 Å². The van der Waals surface area contributed by atoms with Gasteiger partial charge in [-0.2, -0.15) is 0 Å². The summed E-state index contributed by atoms with van der Waals surface area (Å²) in [6.07, 6.45) is 1.57. The highest BCUT2D eigenvalue weighted by molar-refractivity contribution is 9.10. The Labute approximate surface area is 103 Å². The summed E-state index contributed by atoms with van der Waals surface area (Å²) in [7, 11) is 1.66. The zero-order valence-electron chi connectivity index (χ0n) is 9.49. The van der Waals surface area contributed by atoms with Crippen molar-refractivity contribution in [3.05, 3.63) is 26.8 Å². The minimum atomic E-state index is -0.0407. The fraction of sp³-hybridized carbons (Fsp3) is 0.600. The molecule has 6 heteroatoms. The lowest BCUT2D eigenvalue weighted by Gasteiger charge is -2.07. The van der Waals surface area contributed by atoms with Gasteiger partial charge in [-0.15, -0.1) is 0 Å². The third-order valence-electron chi connectivity index (χ3n) is 2.17. The maximum Gasteiger partial charge on any atom is 0.267 e. The van der Waals surface area contributed by atoms with E-state index >= 15 is 0 Å². The fourth-order valence-corrected chi connectivity index (χ4v) is 1.53. The van der Waals surface area contributed by atoms with Crippen molar-refractivity contribution in [1.29, 1.82) is 0 Å². The number of ether oxygens (including phenoxy) is 1. The van der Waals surface area contributed by atoms with Crippen molar-refractivity contribution in [2.45, 2.75) is 13.5 Å². The second-order valence-corrected chi connectivity index (χ2v) is 4.18. The summed E-state index contributed by atoms with van der Waals surface area (Å²) in [6.45, 7) is 4.58. The number of rotatable bonds is 6. The summed E-state index contributed by atoms with van der Waals surface area (Å²) >= 11 is 3.23. The van der Waals surface area contributed by atoms with E-state index in [0.29, 0.717) is 23.3 Å². The van der Waals surface area contributed by atoms with Gasteiger partial charge in [-0.05, 0) is 22.9 Å². The van der Waals surface area contributed by atoms with Gasteiger partial charge in [-0.25, -0.2) is 4.98 Å². The standard InChI is InChI=1S/C10H16BrN3O2/c1-8-9(11)10(15)14(7-13-8)5-3-12-4-6-16-2/h7,12H,3-6H2,1-2H3. The molecule has 1 heterocycles. The molecule has 0 bridgehead atoms. The Hall–Kier alpha value is -0.720. The quantitative estimate of drug-likeness (QED) is 0.777. The summed E-state index contributed by atoms with van der Waals surface area (Å²) in [4.78, 5) is 15.9. The topological polar surface area (TPSA) is 56.1 Å². The number of hydrogen-bond donors (Lipinski definition) is 1. The summed E-state index contributed by atoms with van der Waals surface area (Å²) in [5.41, 5.74) is 0.676. The third-order valence-corrected chi connectivity index (χ3v) is 3.08. The van der Waals surface area contributed by atoms with Crippen LogP contribution < -0.4 is 10.9 Å². The van der Waals surface area contributed by atoms with Gasteiger partial charge in [-0.1, -0.05) is 0 Å². The van der Waals surface area contributed by atoms with Crippen LogP contribution in [0.5, 0.6) is 0 Å². The summed E-state index contributed by atoms with van der Waals surface area (Å²) in [5.74, 6) is 0. The van der Waals surface area contributed by atoms with Crippen molar-refractivity contribution in [3.8, 4) is 0 Å². The number of nitrogens with one attached hydrogen (secondary N) is 1. The van der Waals surface area contributed by atoms with Crippen LogP contribution in [-0.4, -0.2) is 36.4 Å². The molecule has 0 aromatic carbocycles. The highest BCUT2D eigenvalue weighted by Gasteiger charge is 2.04. The van der Waals surface area contributed by atoms with Crippen LogP contribution >= 0.6 is 15.9 Å². The molecule has 0 fully saturated rings. The molecule has 5 nitrogen and oxygen atoms in total. The molecule has 0 aliphatic rings. The van der Waals surface area contributed by atoms with Crippen molar-refractivity contribution >= 4 is 15.9 Å². The van der Waals surface area contributed by atoms with Crippen LogP contribution in [0.2, 0.25) is 0 Å². The maximum atomic E-state index is 11.7. The van der Waals surface area contributed by atoms with Crippen LogP contribution in [0, 0.1) is 6.92 Å². The van der Waals surface area contributed by atoms with Gasteiger partial charge in [-0.3, -0.25) is 9.36 Å². The molecule has 1 N–H and O–H groups in total. The molecule has 0 aliphatic heterocycles. The fourth-order valence-electron chi connectivity index (χ4n) is 1.20. The summed E-state index contributed by atoms with van der Waals surface area (Å²) in [5, 5.41) is 3.17. The average Bonchev–Trinajstić information content (AvgIpc) is 2.28. The lowest BCUT2D eigenvalue weighted by atomic mass is 10.4. The Bertz CT molecular complexity index is 392. The Morgan fingerprint density at radius 3 is 3.00 bits per heavy atom. The molecule has 0 amide bonds. The molecule has 1 rings (SSSR count). The van der Waals surface area contributed by atoms with Crippen molar-refractivity contribution < 1.29 is 4.74 Å². The molecule has 0 atom stereocenters. The van der Waals surface area contributed by atoms with E-state index in [4.69, 9.17) is 4.74 Å². The molecule has 0 aliphatic carbocycles. The third kappa shape index (κ3) is 3.70. The minimum absolute atomic E-state index is 0.0407. The molecular formula is C10H16BrN3O2. The van der Waals surface area contributed by atoms with Crippen LogP contribution in [0.3, 0.4) is 0 Å². The molecule has 1 aromatic rings. The van der Waals surface area contributed by atoms with E-state index in [1.807, 2.05) is 0 Å². The molecule has 0 spiro atoms. The van der Waals surface area contributed by atoms with Gasteiger partial charge in [0.2, 0.25) is 0 Å². The van der Waals surface area contributed by atoms with E-state index in [1.165, 1.54) is 0 Å². The number of hydrogen-bond acceptors (Lipinski definition) is 4. The summed E-state index contributed by atoms with van der Waals surface area (Å²) in [6, 6.07) is 0. The smallest absolute Gasteiger partial charge is 0.267 e. The van der Waals surface area contributed by atoms with Gasteiger partial charge >= 0.3 is 0 Å². The number of aromatic nitrogens is 2. The van der Waals surface area contributed by atoms with E-state index in [0.717, 1.165) is 13.1 Å². The molecule has 90 valence electrons. The number of nitrogens with zero attached hydrogens (tertiary/aromatic N) is 2. The van der Waals surface area contributed by atoms with E-state index < -0.39 is 0 Å². The molecule has 1 aromatic heterocycles. The Morgan fingerprint density at radius 1 is 1.56 bits per heavy atom. The SMILES string of the molecule is COCCNCCn1cnc(C)c(Br)c1=O. The maximum absolute atomic E-state index is 11.7. The van der Waals surface area contributed by atoms with Crippen LogP contribution in [-0.2, 0) is 11.3 Å². The van der Waals surface area contributed by atoms with Gasteiger partial charge in [0, 0.05) is 26.7 Å². The van der Waals surface area contributed by atoms with Gasteiger partial charge in [0.15, 0.2) is 0 Å². The van der Waals surface area contributed by atoms with Crippen LogP contribution in [0.1, 0.15) is 5.69 Å². The zero-order valence-corrected chi connectivity index (χ0v) is 11.1. The molecule has 0 unspecified atom stereocenters. The zero-order chi connectivity index (χ0) is 12.0. The first-order valence-corrected chi connectivity index (χ1v) is 5.87. The van der Waals surface area contributed by atoms with Gasteiger partial charge < -0.3 is 10.1 Å². The Morgan fingerprint density at radius 2 is 2.31 bits per heavy atom. The summed E-state index contributed by atoms with van der Waals surface area (Å²) < 4.78 is 7.02. The van der Waals surface area contributed by atoms with Crippen molar-refractivity contribution in [3.63, 3.8) is 0 Å².